The Bertz CT molecular complexity index is 1010. The second-order valence-electron chi connectivity index (χ2n) is 6.88. The van der Waals surface area contributed by atoms with Crippen LogP contribution in [0.5, 0.6) is 0 Å². The fourth-order valence-corrected chi connectivity index (χ4v) is 2.89. The number of hydrogen-bond acceptors (Lipinski definition) is 6. The smallest absolute Gasteiger partial charge is 0.412 e. The normalized spacial score (nSPS) is 11.6. The SMILES string of the molecule is CSc1ncc2c(-c3cc(F)ccc3NC(=O)OC(C)(C)C)nn(C)c2n1. The third-order valence-corrected chi connectivity index (χ3v) is 4.17. The largest absolute Gasteiger partial charge is 0.444 e. The molecule has 0 saturated heterocycles. The molecule has 2 aromatic heterocycles. The van der Waals surface area contributed by atoms with Crippen molar-refractivity contribution in [2.45, 2.75) is 31.5 Å². The molecule has 2 heterocycles. The van der Waals surface area contributed by atoms with Crippen LogP contribution in [0.2, 0.25) is 0 Å². The summed E-state index contributed by atoms with van der Waals surface area (Å²) in [6.45, 7) is 5.31. The molecule has 0 unspecified atom stereocenters. The summed E-state index contributed by atoms with van der Waals surface area (Å²) in [5.41, 5.74) is 1.26. The zero-order valence-corrected chi connectivity index (χ0v) is 16.5. The molecule has 0 radical (unpaired) electrons. The second kappa shape index (κ2) is 7.15. The van der Waals surface area contributed by atoms with E-state index in [1.807, 2.05) is 6.26 Å². The van der Waals surface area contributed by atoms with Gasteiger partial charge in [-0.15, -0.1) is 0 Å². The highest BCUT2D eigenvalue weighted by Crippen LogP contribution is 2.33. The Labute approximate surface area is 160 Å². The molecule has 0 spiro atoms. The first-order valence-electron chi connectivity index (χ1n) is 8.21. The molecule has 27 heavy (non-hydrogen) atoms. The Hall–Kier alpha value is -2.68. The van der Waals surface area contributed by atoms with Crippen LogP contribution >= 0.6 is 11.8 Å². The van der Waals surface area contributed by atoms with Crippen LogP contribution < -0.4 is 5.32 Å². The lowest BCUT2D eigenvalue weighted by atomic mass is 10.1. The van der Waals surface area contributed by atoms with Crippen molar-refractivity contribution in [3.8, 4) is 11.3 Å². The van der Waals surface area contributed by atoms with Gasteiger partial charge in [0.2, 0.25) is 0 Å². The van der Waals surface area contributed by atoms with Crippen LogP contribution in [0.3, 0.4) is 0 Å². The van der Waals surface area contributed by atoms with E-state index in [-0.39, 0.29) is 0 Å². The molecule has 0 aliphatic heterocycles. The van der Waals surface area contributed by atoms with Crippen LogP contribution in [0.4, 0.5) is 14.9 Å². The topological polar surface area (TPSA) is 81.9 Å². The molecule has 0 aliphatic rings. The monoisotopic (exact) mass is 389 g/mol. The Balaban J connectivity index is 2.08. The summed E-state index contributed by atoms with van der Waals surface area (Å²) in [6.07, 6.45) is 2.91. The summed E-state index contributed by atoms with van der Waals surface area (Å²) < 4.78 is 20.8. The van der Waals surface area contributed by atoms with Gasteiger partial charge < -0.3 is 4.74 Å². The van der Waals surface area contributed by atoms with Crippen LogP contribution in [0.15, 0.2) is 29.6 Å². The number of anilines is 1. The average molecular weight is 389 g/mol. The summed E-state index contributed by atoms with van der Waals surface area (Å²) in [5, 5.41) is 8.41. The number of carbonyl (C=O) groups excluding carboxylic acids is 1. The van der Waals surface area contributed by atoms with Gasteiger partial charge in [-0.3, -0.25) is 5.32 Å². The summed E-state index contributed by atoms with van der Waals surface area (Å²) >= 11 is 1.42. The molecule has 142 valence electrons. The Morgan fingerprint density at radius 3 is 2.74 bits per heavy atom. The third kappa shape index (κ3) is 4.19. The maximum absolute atomic E-state index is 14.0. The molecule has 1 amide bonds. The summed E-state index contributed by atoms with van der Waals surface area (Å²) in [7, 11) is 1.75. The number of nitrogens with zero attached hydrogens (tertiary/aromatic N) is 4. The highest BCUT2D eigenvalue weighted by molar-refractivity contribution is 7.98. The van der Waals surface area contributed by atoms with Crippen molar-refractivity contribution in [3.63, 3.8) is 0 Å². The van der Waals surface area contributed by atoms with Crippen molar-refractivity contribution < 1.29 is 13.9 Å². The van der Waals surface area contributed by atoms with Crippen molar-refractivity contribution >= 4 is 34.6 Å². The van der Waals surface area contributed by atoms with E-state index >= 15 is 0 Å². The van der Waals surface area contributed by atoms with Crippen LogP contribution in [-0.4, -0.2) is 37.7 Å². The summed E-state index contributed by atoms with van der Waals surface area (Å²) in [5.74, 6) is -0.444. The predicted octanol–water partition coefficient (Wildman–Crippen LogP) is 4.24. The number of thioether (sulfide) groups is 1. The van der Waals surface area contributed by atoms with E-state index in [0.29, 0.717) is 33.1 Å². The van der Waals surface area contributed by atoms with E-state index in [9.17, 15) is 9.18 Å². The molecule has 0 fully saturated rings. The van der Waals surface area contributed by atoms with Gasteiger partial charge in [0.1, 0.15) is 17.1 Å². The predicted molar refractivity (Wildman–Crippen MR) is 103 cm³/mol. The molecule has 0 bridgehead atoms. The molecule has 9 heteroatoms. The van der Waals surface area contributed by atoms with Crippen LogP contribution in [0.25, 0.3) is 22.3 Å². The van der Waals surface area contributed by atoms with Crippen molar-refractivity contribution in [2.75, 3.05) is 11.6 Å². The van der Waals surface area contributed by atoms with Crippen LogP contribution in [0.1, 0.15) is 20.8 Å². The summed E-state index contributed by atoms with van der Waals surface area (Å²) in [4.78, 5) is 20.9. The number of benzene rings is 1. The first-order chi connectivity index (χ1) is 12.7. The van der Waals surface area contributed by atoms with E-state index in [2.05, 4.69) is 20.4 Å². The van der Waals surface area contributed by atoms with E-state index in [1.165, 1.54) is 30.0 Å². The first kappa shape index (κ1) is 19.1. The number of fused-ring (bicyclic) bond motifs is 1. The zero-order chi connectivity index (χ0) is 19.8. The number of ether oxygens (including phenoxy) is 1. The van der Waals surface area contributed by atoms with Gasteiger partial charge in [-0.1, -0.05) is 11.8 Å². The maximum Gasteiger partial charge on any atom is 0.412 e. The van der Waals surface area contributed by atoms with E-state index in [0.717, 1.165) is 0 Å². The number of nitrogens with one attached hydrogen (secondary N) is 1. The van der Waals surface area contributed by atoms with E-state index < -0.39 is 17.5 Å². The minimum atomic E-state index is -0.649. The maximum atomic E-state index is 14.0. The van der Waals surface area contributed by atoms with Gasteiger partial charge in [-0.05, 0) is 45.2 Å². The number of aryl methyl sites for hydroxylation is 1. The molecule has 1 aromatic carbocycles. The fourth-order valence-electron chi connectivity index (χ4n) is 2.55. The average Bonchev–Trinajstić information content (AvgIpc) is 2.91. The Kier molecular flexibility index (Phi) is 5.05. The van der Waals surface area contributed by atoms with E-state index in [4.69, 9.17) is 4.74 Å². The minimum Gasteiger partial charge on any atom is -0.444 e. The van der Waals surface area contributed by atoms with Crippen LogP contribution in [-0.2, 0) is 11.8 Å². The number of hydrogen-bond donors (Lipinski definition) is 1. The number of amides is 1. The molecule has 7 nitrogen and oxygen atoms in total. The Morgan fingerprint density at radius 1 is 1.33 bits per heavy atom. The van der Waals surface area contributed by atoms with Gasteiger partial charge in [0.05, 0.1) is 11.1 Å². The van der Waals surface area contributed by atoms with Crippen molar-refractivity contribution in [2.24, 2.45) is 7.05 Å². The second-order valence-corrected chi connectivity index (χ2v) is 7.66. The standard InChI is InChI=1S/C18H20FN5O2S/c1-18(2,3)26-17(25)21-13-7-6-10(19)8-11(13)14-12-9-20-16(27-5)22-15(12)24(4)23-14/h6-9H,1-5H3,(H,21,25). The fraction of sp³-hybridized carbons (Fsp3) is 0.333. The third-order valence-electron chi connectivity index (χ3n) is 3.61. The van der Waals surface area contributed by atoms with Gasteiger partial charge in [-0.2, -0.15) is 5.10 Å². The van der Waals surface area contributed by atoms with Crippen molar-refractivity contribution in [1.82, 2.24) is 19.7 Å². The van der Waals surface area contributed by atoms with Gasteiger partial charge >= 0.3 is 6.09 Å². The minimum absolute atomic E-state index is 0.389. The highest BCUT2D eigenvalue weighted by Gasteiger charge is 2.21. The molecule has 0 atom stereocenters. The number of carbonyl (C=O) groups is 1. The lowest BCUT2D eigenvalue weighted by molar-refractivity contribution is 0.0636. The lowest BCUT2D eigenvalue weighted by Crippen LogP contribution is -2.27. The van der Waals surface area contributed by atoms with Gasteiger partial charge in [-0.25, -0.2) is 23.8 Å². The highest BCUT2D eigenvalue weighted by atomic mass is 32.2. The molecular weight excluding hydrogens is 369 g/mol. The number of aromatic nitrogens is 4. The number of halogens is 1. The van der Waals surface area contributed by atoms with Gasteiger partial charge in [0, 0.05) is 18.8 Å². The molecule has 3 aromatic rings. The molecule has 0 saturated carbocycles. The van der Waals surface area contributed by atoms with Crippen molar-refractivity contribution in [1.29, 1.82) is 0 Å². The first-order valence-corrected chi connectivity index (χ1v) is 9.44. The van der Waals surface area contributed by atoms with Gasteiger partial charge in [0.15, 0.2) is 10.8 Å². The summed E-state index contributed by atoms with van der Waals surface area (Å²) in [6, 6.07) is 4.06. The molecule has 1 N–H and O–H groups in total. The quantitative estimate of drug-likeness (QED) is 0.533. The van der Waals surface area contributed by atoms with E-state index in [1.54, 1.807) is 38.7 Å². The van der Waals surface area contributed by atoms with Crippen molar-refractivity contribution in [3.05, 3.63) is 30.2 Å². The Morgan fingerprint density at radius 2 is 2.07 bits per heavy atom. The molecule has 3 rings (SSSR count). The molecule has 0 aliphatic carbocycles. The molecular formula is C18H20FN5O2S. The lowest BCUT2D eigenvalue weighted by Gasteiger charge is -2.20. The van der Waals surface area contributed by atoms with Gasteiger partial charge in [0.25, 0.3) is 0 Å². The number of rotatable bonds is 3. The van der Waals surface area contributed by atoms with Crippen LogP contribution in [0, 0.1) is 5.82 Å². The zero-order valence-electron chi connectivity index (χ0n) is 15.7.